The Morgan fingerprint density at radius 1 is 0.825 bits per heavy atom. The number of benzene rings is 3. The fourth-order valence-electron chi connectivity index (χ4n) is 6.84. The van der Waals surface area contributed by atoms with Crippen molar-refractivity contribution in [2.24, 2.45) is 11.8 Å². The smallest absolute Gasteiger partial charge is 0.0343 e. The molecule has 3 heteroatoms. The number of hydrogen-bond donors (Lipinski definition) is 1. The molecule has 0 aromatic heterocycles. The molecule has 2 saturated heterocycles. The maximum absolute atomic E-state index is 4.44. The van der Waals surface area contributed by atoms with E-state index in [9.17, 15) is 0 Å². The number of rotatable bonds is 12. The van der Waals surface area contributed by atoms with Crippen LogP contribution in [0, 0.1) is 11.8 Å². The topological polar surface area (TPSA) is 18.5 Å². The maximum atomic E-state index is 4.44. The van der Waals surface area contributed by atoms with Gasteiger partial charge in [0.25, 0.3) is 0 Å². The fourth-order valence-corrected chi connectivity index (χ4v) is 6.84. The van der Waals surface area contributed by atoms with E-state index in [1.807, 2.05) is 0 Å². The van der Waals surface area contributed by atoms with Gasteiger partial charge in [-0.1, -0.05) is 98.4 Å². The Kier molecular flexibility index (Phi) is 10.5. The van der Waals surface area contributed by atoms with Gasteiger partial charge in [-0.05, 0) is 93.2 Å². The summed E-state index contributed by atoms with van der Waals surface area (Å²) in [6, 6.07) is 31.0. The molecule has 40 heavy (non-hydrogen) atoms. The standard InChI is InChI=1S/C37H49N3/c1-30-13-11-23-39(28-30)24-12-22-38-31(2)36-19-10-9-18-35(36)27-32-20-25-40(26-21-32)29-37(33-14-5-3-6-15-33)34-16-7-4-8-17-34/h3-10,14-19,30,32,37-38H,2,11-13,20-29H2,1H3. The molecular formula is C37H49N3. The van der Waals surface area contributed by atoms with Gasteiger partial charge in [0.15, 0.2) is 0 Å². The second kappa shape index (κ2) is 14.7. The normalized spacial score (nSPS) is 19.1. The van der Waals surface area contributed by atoms with Crippen LogP contribution in [0.15, 0.2) is 91.5 Å². The predicted molar refractivity (Wildman–Crippen MR) is 171 cm³/mol. The minimum absolute atomic E-state index is 0.424. The summed E-state index contributed by atoms with van der Waals surface area (Å²) in [7, 11) is 0. The van der Waals surface area contributed by atoms with Crippen molar-refractivity contribution in [3.8, 4) is 0 Å². The summed E-state index contributed by atoms with van der Waals surface area (Å²) in [4.78, 5) is 5.33. The largest absolute Gasteiger partial charge is 0.385 e. The third-order valence-corrected chi connectivity index (χ3v) is 9.13. The first-order valence-corrected chi connectivity index (χ1v) is 15.7. The lowest BCUT2D eigenvalue weighted by Gasteiger charge is -2.35. The van der Waals surface area contributed by atoms with Crippen LogP contribution in [0.25, 0.3) is 5.70 Å². The van der Waals surface area contributed by atoms with E-state index in [2.05, 4.69) is 114 Å². The number of nitrogens with zero attached hydrogens (tertiary/aromatic N) is 2. The zero-order valence-electron chi connectivity index (χ0n) is 24.6. The van der Waals surface area contributed by atoms with Gasteiger partial charge in [-0.25, -0.2) is 0 Å². The molecule has 0 radical (unpaired) electrons. The van der Waals surface area contributed by atoms with Crippen molar-refractivity contribution in [3.63, 3.8) is 0 Å². The van der Waals surface area contributed by atoms with Gasteiger partial charge in [-0.2, -0.15) is 0 Å². The molecule has 2 aliphatic rings. The van der Waals surface area contributed by atoms with Crippen molar-refractivity contribution in [2.45, 2.75) is 51.4 Å². The van der Waals surface area contributed by atoms with Crippen LogP contribution in [0.2, 0.25) is 0 Å². The molecule has 0 aliphatic carbocycles. The lowest BCUT2D eigenvalue weighted by atomic mass is 9.86. The molecule has 2 aliphatic heterocycles. The summed E-state index contributed by atoms with van der Waals surface area (Å²) in [6.45, 7) is 15.0. The molecule has 0 saturated carbocycles. The minimum Gasteiger partial charge on any atom is -0.385 e. The summed E-state index contributed by atoms with van der Waals surface area (Å²) < 4.78 is 0. The third-order valence-electron chi connectivity index (χ3n) is 9.13. The summed E-state index contributed by atoms with van der Waals surface area (Å²) in [5.74, 6) is 2.01. The Labute approximate surface area is 243 Å². The van der Waals surface area contributed by atoms with E-state index in [4.69, 9.17) is 0 Å². The van der Waals surface area contributed by atoms with Crippen LogP contribution in [0.4, 0.5) is 0 Å². The highest BCUT2D eigenvalue weighted by Gasteiger charge is 2.24. The van der Waals surface area contributed by atoms with Gasteiger partial charge in [0, 0.05) is 36.8 Å². The molecule has 3 aromatic rings. The van der Waals surface area contributed by atoms with Crippen molar-refractivity contribution in [3.05, 3.63) is 114 Å². The van der Waals surface area contributed by atoms with Gasteiger partial charge in [-0.15, -0.1) is 0 Å². The first kappa shape index (κ1) is 28.6. The molecule has 1 atom stereocenters. The maximum Gasteiger partial charge on any atom is 0.0343 e. The van der Waals surface area contributed by atoms with Gasteiger partial charge in [0.05, 0.1) is 0 Å². The Morgan fingerprint density at radius 2 is 1.48 bits per heavy atom. The monoisotopic (exact) mass is 535 g/mol. The van der Waals surface area contributed by atoms with Gasteiger partial charge in [0.1, 0.15) is 0 Å². The highest BCUT2D eigenvalue weighted by molar-refractivity contribution is 5.64. The van der Waals surface area contributed by atoms with Crippen molar-refractivity contribution in [1.82, 2.24) is 15.1 Å². The molecular weight excluding hydrogens is 486 g/mol. The molecule has 1 unspecified atom stereocenters. The van der Waals surface area contributed by atoms with Crippen LogP contribution >= 0.6 is 0 Å². The summed E-state index contributed by atoms with van der Waals surface area (Å²) in [5, 5.41) is 3.66. The molecule has 2 fully saturated rings. The second-order valence-corrected chi connectivity index (χ2v) is 12.3. The SMILES string of the molecule is C=C(NCCCN1CCCC(C)C1)c1ccccc1CC1CCN(CC(c2ccccc2)c2ccccc2)CC1. The van der Waals surface area contributed by atoms with Crippen LogP contribution < -0.4 is 5.32 Å². The van der Waals surface area contributed by atoms with Gasteiger partial charge in [0.2, 0.25) is 0 Å². The average molecular weight is 536 g/mol. The molecule has 3 nitrogen and oxygen atoms in total. The zero-order chi connectivity index (χ0) is 27.6. The van der Waals surface area contributed by atoms with E-state index in [1.165, 1.54) is 87.1 Å². The van der Waals surface area contributed by atoms with Crippen LogP contribution in [0.3, 0.4) is 0 Å². The molecule has 5 rings (SSSR count). The molecule has 0 amide bonds. The van der Waals surface area contributed by atoms with Gasteiger partial charge in [-0.3, -0.25) is 0 Å². The predicted octanol–water partition coefficient (Wildman–Crippen LogP) is 7.46. The van der Waals surface area contributed by atoms with Crippen LogP contribution in [-0.4, -0.2) is 55.6 Å². The Hall–Kier alpha value is -2.88. The highest BCUT2D eigenvalue weighted by atomic mass is 15.1. The Bertz CT molecular complexity index is 1130. The highest BCUT2D eigenvalue weighted by Crippen LogP contribution is 2.30. The summed E-state index contributed by atoms with van der Waals surface area (Å²) >= 11 is 0. The third kappa shape index (κ3) is 8.08. The van der Waals surface area contributed by atoms with Crippen LogP contribution in [-0.2, 0) is 6.42 Å². The van der Waals surface area contributed by atoms with Crippen molar-refractivity contribution >= 4 is 5.70 Å². The van der Waals surface area contributed by atoms with Gasteiger partial charge >= 0.3 is 0 Å². The number of piperidine rings is 2. The Morgan fingerprint density at radius 3 is 2.15 bits per heavy atom. The average Bonchev–Trinajstić information content (AvgIpc) is 3.00. The molecule has 212 valence electrons. The lowest BCUT2D eigenvalue weighted by molar-refractivity contribution is 0.179. The fraction of sp³-hybridized carbons (Fsp3) is 0.459. The van der Waals surface area contributed by atoms with Crippen molar-refractivity contribution in [2.75, 3.05) is 45.8 Å². The minimum atomic E-state index is 0.424. The summed E-state index contributed by atoms with van der Waals surface area (Å²) in [5.41, 5.74) is 6.69. The first-order valence-electron chi connectivity index (χ1n) is 15.7. The molecule has 0 bridgehead atoms. The second-order valence-electron chi connectivity index (χ2n) is 12.3. The van der Waals surface area contributed by atoms with Crippen molar-refractivity contribution in [1.29, 1.82) is 0 Å². The number of nitrogens with one attached hydrogen (secondary N) is 1. The van der Waals surface area contributed by atoms with E-state index < -0.39 is 0 Å². The van der Waals surface area contributed by atoms with E-state index in [0.29, 0.717) is 5.92 Å². The van der Waals surface area contributed by atoms with Crippen molar-refractivity contribution < 1.29 is 0 Å². The zero-order valence-corrected chi connectivity index (χ0v) is 24.6. The molecule has 0 spiro atoms. The summed E-state index contributed by atoms with van der Waals surface area (Å²) in [6.07, 6.45) is 7.60. The lowest BCUT2D eigenvalue weighted by Crippen LogP contribution is -2.37. The molecule has 1 N–H and O–H groups in total. The molecule has 3 aromatic carbocycles. The van der Waals surface area contributed by atoms with E-state index >= 15 is 0 Å². The number of hydrogen-bond acceptors (Lipinski definition) is 3. The van der Waals surface area contributed by atoms with E-state index in [-0.39, 0.29) is 0 Å². The van der Waals surface area contributed by atoms with E-state index in [0.717, 1.165) is 37.0 Å². The van der Waals surface area contributed by atoms with Gasteiger partial charge < -0.3 is 15.1 Å². The first-order chi connectivity index (χ1) is 19.7. The Balaban J connectivity index is 1.11. The quantitative estimate of drug-likeness (QED) is 0.243. The number of likely N-dealkylation sites (tertiary alicyclic amines) is 2. The van der Waals surface area contributed by atoms with Crippen LogP contribution in [0.1, 0.15) is 67.2 Å². The van der Waals surface area contributed by atoms with Crippen LogP contribution in [0.5, 0.6) is 0 Å². The van der Waals surface area contributed by atoms with E-state index in [1.54, 1.807) is 0 Å². The molecule has 2 heterocycles.